The smallest absolute Gasteiger partial charge is 0.394 e. The summed E-state index contributed by atoms with van der Waals surface area (Å²) < 4.78 is 4.58. The van der Waals surface area contributed by atoms with Crippen LogP contribution in [0.25, 0.3) is 0 Å². The highest BCUT2D eigenvalue weighted by Crippen LogP contribution is 2.30. The highest BCUT2D eigenvalue weighted by molar-refractivity contribution is 5.89. The van der Waals surface area contributed by atoms with Crippen molar-refractivity contribution in [2.45, 2.75) is 45.6 Å². The van der Waals surface area contributed by atoms with Crippen molar-refractivity contribution in [3.8, 4) is 0 Å². The number of carbonyl (C=O) groups is 1. The van der Waals surface area contributed by atoms with Gasteiger partial charge in [0.2, 0.25) is 5.90 Å². The average Bonchev–Trinajstić information content (AvgIpc) is 2.35. The summed E-state index contributed by atoms with van der Waals surface area (Å²) in [5.41, 5.74) is 14.4. The Morgan fingerprint density at radius 1 is 1.30 bits per heavy atom. The van der Waals surface area contributed by atoms with Crippen LogP contribution in [0.3, 0.4) is 0 Å². The van der Waals surface area contributed by atoms with E-state index in [4.69, 9.17) is 16.9 Å². The van der Waals surface area contributed by atoms with Gasteiger partial charge in [-0.1, -0.05) is 39.0 Å². The molecule has 5 nitrogen and oxygen atoms in total. The molecule has 0 aliphatic rings. The van der Waals surface area contributed by atoms with Crippen LogP contribution in [0.2, 0.25) is 0 Å². The number of benzene rings is 1. The van der Waals surface area contributed by atoms with Crippen LogP contribution in [0.15, 0.2) is 18.2 Å². The van der Waals surface area contributed by atoms with Gasteiger partial charge in [0.1, 0.15) is 0 Å². The number of hydrogen-bond acceptors (Lipinski definition) is 4. The summed E-state index contributed by atoms with van der Waals surface area (Å²) in [5, 5.41) is 7.69. The van der Waals surface area contributed by atoms with Crippen LogP contribution in [-0.2, 0) is 4.74 Å². The van der Waals surface area contributed by atoms with E-state index in [1.54, 1.807) is 0 Å². The average molecular weight is 277 g/mol. The molecule has 1 rings (SSSR count). The maximum Gasteiger partial charge on any atom is 0.411 e. The van der Waals surface area contributed by atoms with Gasteiger partial charge in [0.15, 0.2) is 0 Å². The normalized spacial score (nSPS) is 13.9. The van der Waals surface area contributed by atoms with Crippen molar-refractivity contribution < 1.29 is 9.53 Å². The molecule has 1 amide bonds. The Bertz CT molecular complexity index is 512. The summed E-state index contributed by atoms with van der Waals surface area (Å²) in [4.78, 5) is 10.7. The van der Waals surface area contributed by atoms with E-state index in [0.717, 1.165) is 5.56 Å². The minimum Gasteiger partial charge on any atom is -0.394 e. The van der Waals surface area contributed by atoms with Crippen LogP contribution in [0.4, 0.5) is 4.79 Å². The van der Waals surface area contributed by atoms with Gasteiger partial charge in [0, 0.05) is 5.92 Å². The first kappa shape index (κ1) is 16.2. The lowest BCUT2D eigenvalue weighted by Gasteiger charge is -2.25. The van der Waals surface area contributed by atoms with Crippen molar-refractivity contribution in [1.82, 2.24) is 0 Å². The van der Waals surface area contributed by atoms with Gasteiger partial charge in [0.25, 0.3) is 0 Å². The van der Waals surface area contributed by atoms with Crippen LogP contribution in [0.1, 0.15) is 49.3 Å². The standard InChI is InChI=1S/C15H23N3O2/c1-8(2)12-9(3)6-5-7-11(12)10(4)13(16)14(17)20-15(18)19/h5-8,10,13,17H,16H2,1-4H3,(H2,18,19). The number of rotatable bonds is 4. The summed E-state index contributed by atoms with van der Waals surface area (Å²) in [7, 11) is 0. The minimum atomic E-state index is -1.01. The SMILES string of the molecule is Cc1cccc(C(C)C(N)C(=N)OC(N)=O)c1C(C)C. The first-order valence-electron chi connectivity index (χ1n) is 6.66. The summed E-state index contributed by atoms with van der Waals surface area (Å²) >= 11 is 0. The molecule has 20 heavy (non-hydrogen) atoms. The fourth-order valence-electron chi connectivity index (χ4n) is 2.49. The fraction of sp³-hybridized carbons (Fsp3) is 0.467. The Morgan fingerprint density at radius 2 is 1.90 bits per heavy atom. The van der Waals surface area contributed by atoms with Gasteiger partial charge in [-0.2, -0.15) is 0 Å². The number of nitrogens with two attached hydrogens (primary N) is 2. The predicted molar refractivity (Wildman–Crippen MR) is 80.1 cm³/mol. The number of primary amides is 1. The molecule has 0 fully saturated rings. The van der Waals surface area contributed by atoms with Crippen LogP contribution >= 0.6 is 0 Å². The van der Waals surface area contributed by atoms with E-state index in [2.05, 4.69) is 31.6 Å². The van der Waals surface area contributed by atoms with E-state index >= 15 is 0 Å². The van der Waals surface area contributed by atoms with Crippen molar-refractivity contribution in [3.63, 3.8) is 0 Å². The highest BCUT2D eigenvalue weighted by Gasteiger charge is 2.25. The van der Waals surface area contributed by atoms with Crippen molar-refractivity contribution in [3.05, 3.63) is 34.9 Å². The Morgan fingerprint density at radius 3 is 2.40 bits per heavy atom. The van der Waals surface area contributed by atoms with Gasteiger partial charge in [-0.25, -0.2) is 4.79 Å². The van der Waals surface area contributed by atoms with Crippen molar-refractivity contribution in [1.29, 1.82) is 5.41 Å². The Hall–Kier alpha value is -1.88. The molecule has 0 aliphatic heterocycles. The Kier molecular flexibility index (Phi) is 5.27. The molecule has 110 valence electrons. The zero-order valence-electron chi connectivity index (χ0n) is 12.4. The lowest BCUT2D eigenvalue weighted by atomic mass is 9.83. The molecule has 1 aromatic carbocycles. The molecule has 1 aromatic rings. The molecule has 5 N–H and O–H groups in total. The minimum absolute atomic E-state index is 0.140. The molecule has 0 bridgehead atoms. The molecule has 0 heterocycles. The van der Waals surface area contributed by atoms with Crippen LogP contribution < -0.4 is 11.5 Å². The molecule has 0 spiro atoms. The number of nitrogens with one attached hydrogen (secondary N) is 1. The third kappa shape index (κ3) is 3.57. The number of ether oxygens (including phenoxy) is 1. The monoisotopic (exact) mass is 277 g/mol. The zero-order valence-corrected chi connectivity index (χ0v) is 12.4. The number of hydrogen-bond donors (Lipinski definition) is 3. The first-order chi connectivity index (χ1) is 9.25. The molecular weight excluding hydrogens is 254 g/mol. The van der Waals surface area contributed by atoms with E-state index in [0.29, 0.717) is 5.92 Å². The van der Waals surface area contributed by atoms with E-state index in [1.165, 1.54) is 11.1 Å². The topological polar surface area (TPSA) is 102 Å². The molecule has 0 saturated heterocycles. The molecule has 0 radical (unpaired) electrons. The van der Waals surface area contributed by atoms with E-state index < -0.39 is 12.1 Å². The maximum atomic E-state index is 10.7. The van der Waals surface area contributed by atoms with Gasteiger partial charge in [0.05, 0.1) is 6.04 Å². The summed E-state index contributed by atoms with van der Waals surface area (Å²) in [6, 6.07) is 5.33. The van der Waals surface area contributed by atoms with Crippen LogP contribution in [0.5, 0.6) is 0 Å². The molecule has 2 atom stereocenters. The summed E-state index contributed by atoms with van der Waals surface area (Å²) in [6.45, 7) is 8.22. The lowest BCUT2D eigenvalue weighted by Crippen LogP contribution is -2.39. The molecule has 0 aromatic heterocycles. The molecular formula is C15H23N3O2. The van der Waals surface area contributed by atoms with Gasteiger partial charge >= 0.3 is 6.09 Å². The third-order valence-electron chi connectivity index (χ3n) is 3.48. The highest BCUT2D eigenvalue weighted by atomic mass is 16.6. The van der Waals surface area contributed by atoms with Gasteiger partial charge < -0.3 is 16.2 Å². The van der Waals surface area contributed by atoms with Gasteiger partial charge in [-0.05, 0) is 29.5 Å². The molecule has 0 saturated carbocycles. The first-order valence-corrected chi connectivity index (χ1v) is 6.66. The molecule has 2 unspecified atom stereocenters. The van der Waals surface area contributed by atoms with Crippen molar-refractivity contribution in [2.75, 3.05) is 0 Å². The van der Waals surface area contributed by atoms with Gasteiger partial charge in [-0.15, -0.1) is 0 Å². The second kappa shape index (κ2) is 6.52. The fourth-order valence-corrected chi connectivity index (χ4v) is 2.49. The number of carbonyl (C=O) groups excluding carboxylic acids is 1. The predicted octanol–water partition coefficient (Wildman–Crippen LogP) is 2.62. The molecule has 0 aliphatic carbocycles. The van der Waals surface area contributed by atoms with Crippen LogP contribution in [-0.4, -0.2) is 18.0 Å². The Balaban J connectivity index is 3.09. The van der Waals surface area contributed by atoms with E-state index in [-0.39, 0.29) is 11.8 Å². The zero-order chi connectivity index (χ0) is 15.4. The lowest BCUT2D eigenvalue weighted by molar-refractivity contribution is 0.204. The van der Waals surface area contributed by atoms with Crippen molar-refractivity contribution in [2.24, 2.45) is 11.5 Å². The third-order valence-corrected chi connectivity index (χ3v) is 3.48. The quantitative estimate of drug-likeness (QED) is 0.582. The molecule has 5 heteroatoms. The summed E-state index contributed by atoms with van der Waals surface area (Å²) in [5.74, 6) is -0.0903. The Labute approximate surface area is 119 Å². The maximum absolute atomic E-state index is 10.7. The second-order valence-corrected chi connectivity index (χ2v) is 5.33. The van der Waals surface area contributed by atoms with Crippen LogP contribution in [0, 0.1) is 12.3 Å². The van der Waals surface area contributed by atoms with E-state index in [1.807, 2.05) is 19.1 Å². The second-order valence-electron chi connectivity index (χ2n) is 5.33. The van der Waals surface area contributed by atoms with Crippen molar-refractivity contribution >= 4 is 12.0 Å². The summed E-state index contributed by atoms with van der Waals surface area (Å²) in [6.07, 6.45) is -1.01. The number of aryl methyl sites for hydroxylation is 1. The van der Waals surface area contributed by atoms with E-state index in [9.17, 15) is 4.79 Å². The number of amides is 1. The largest absolute Gasteiger partial charge is 0.411 e. The van der Waals surface area contributed by atoms with Gasteiger partial charge in [-0.3, -0.25) is 5.41 Å².